The van der Waals surface area contributed by atoms with Crippen LogP contribution >= 0.6 is 11.6 Å². The molecule has 2 rings (SSSR count). The summed E-state index contributed by atoms with van der Waals surface area (Å²) in [6, 6.07) is 8.12. The monoisotopic (exact) mass is 305 g/mol. The van der Waals surface area contributed by atoms with Gasteiger partial charge in [-0.05, 0) is 37.8 Å². The first kappa shape index (κ1) is 16.0. The normalized spacial score (nSPS) is 14.2. The number of nitrogens with zero attached hydrogens (tertiary/aromatic N) is 3. The molecule has 3 nitrogen and oxygen atoms in total. The quantitative estimate of drug-likeness (QED) is 0.374. The third-order valence-corrected chi connectivity index (χ3v) is 4.38. The summed E-state index contributed by atoms with van der Waals surface area (Å²) < 4.78 is 2.07. The van der Waals surface area contributed by atoms with Crippen molar-refractivity contribution in [3.05, 3.63) is 36.9 Å². The van der Waals surface area contributed by atoms with Crippen molar-refractivity contribution in [2.24, 2.45) is 0 Å². The first-order valence-corrected chi connectivity index (χ1v) is 8.31. The van der Waals surface area contributed by atoms with Crippen molar-refractivity contribution in [2.45, 2.75) is 51.0 Å². The number of rotatable bonds is 9. The molecule has 0 saturated heterocycles. The average molecular weight is 306 g/mol. The summed E-state index contributed by atoms with van der Waals surface area (Å²) >= 11 is 5.84. The second-order valence-corrected chi connectivity index (χ2v) is 5.93. The summed E-state index contributed by atoms with van der Waals surface area (Å²) in [4.78, 5) is 0. The molecule has 0 aliphatic carbocycles. The molecule has 0 N–H and O–H groups in total. The Morgan fingerprint density at radius 3 is 2.71 bits per heavy atom. The highest BCUT2D eigenvalue weighted by Gasteiger charge is 2.30. The van der Waals surface area contributed by atoms with Gasteiger partial charge in [-0.15, -0.1) is 23.3 Å². The molecule has 1 heterocycles. The fourth-order valence-corrected chi connectivity index (χ4v) is 3.02. The molecule has 1 unspecified atom stereocenters. The number of aromatic nitrogens is 3. The van der Waals surface area contributed by atoms with Crippen LogP contribution in [0.5, 0.6) is 0 Å². The van der Waals surface area contributed by atoms with Crippen LogP contribution in [-0.4, -0.2) is 20.9 Å². The number of unbranched alkanes of at least 4 members (excludes halogenated alkanes) is 2. The zero-order chi connectivity index (χ0) is 15.1. The molecule has 0 amide bonds. The highest BCUT2D eigenvalue weighted by molar-refractivity contribution is 6.17. The minimum Gasteiger partial charge on any atom is -0.235 e. The van der Waals surface area contributed by atoms with Gasteiger partial charge in [-0.2, -0.15) is 0 Å². The SMILES string of the molecule is C=CC(CCCC)(CCCCCl)n1nnc2ccccc21. The van der Waals surface area contributed by atoms with E-state index < -0.39 is 0 Å². The van der Waals surface area contributed by atoms with Crippen LogP contribution in [0, 0.1) is 0 Å². The fraction of sp³-hybridized carbons (Fsp3) is 0.529. The number of hydrogen-bond acceptors (Lipinski definition) is 2. The van der Waals surface area contributed by atoms with Gasteiger partial charge in [0.1, 0.15) is 5.52 Å². The fourth-order valence-electron chi connectivity index (χ4n) is 2.83. The summed E-state index contributed by atoms with van der Waals surface area (Å²) in [7, 11) is 0. The van der Waals surface area contributed by atoms with Crippen LogP contribution in [-0.2, 0) is 5.54 Å². The van der Waals surface area contributed by atoms with Gasteiger partial charge in [0.25, 0.3) is 0 Å². The number of hydrogen-bond donors (Lipinski definition) is 0. The molecule has 1 aromatic heterocycles. The smallest absolute Gasteiger partial charge is 0.113 e. The van der Waals surface area contributed by atoms with Crippen LogP contribution in [0.4, 0.5) is 0 Å². The van der Waals surface area contributed by atoms with E-state index in [9.17, 15) is 0 Å². The Kier molecular flexibility index (Phi) is 5.80. The number of halogens is 1. The first-order chi connectivity index (χ1) is 10.3. The predicted molar refractivity (Wildman–Crippen MR) is 89.8 cm³/mol. The molecule has 114 valence electrons. The van der Waals surface area contributed by atoms with Crippen LogP contribution in [0.15, 0.2) is 36.9 Å². The highest BCUT2D eigenvalue weighted by atomic mass is 35.5. The third-order valence-electron chi connectivity index (χ3n) is 4.11. The average Bonchev–Trinajstić information content (AvgIpc) is 2.96. The van der Waals surface area contributed by atoms with E-state index in [0.717, 1.165) is 49.6 Å². The molecule has 0 saturated carbocycles. The number of fused-ring (bicyclic) bond motifs is 1. The van der Waals surface area contributed by atoms with Gasteiger partial charge in [0.2, 0.25) is 0 Å². The molecule has 0 aliphatic rings. The lowest BCUT2D eigenvalue weighted by molar-refractivity contribution is 0.276. The molecule has 0 aliphatic heterocycles. The van der Waals surface area contributed by atoms with Crippen molar-refractivity contribution < 1.29 is 0 Å². The summed E-state index contributed by atoms with van der Waals surface area (Å²) in [5, 5.41) is 8.74. The number of alkyl halides is 1. The van der Waals surface area contributed by atoms with Gasteiger partial charge in [0, 0.05) is 5.88 Å². The van der Waals surface area contributed by atoms with Crippen molar-refractivity contribution in [2.75, 3.05) is 5.88 Å². The number of para-hydroxylation sites is 1. The standard InChI is InChI=1S/C17H24ClN3/c1-3-5-12-17(4-2,13-8-9-14-18)21-16-11-7-6-10-15(16)19-20-21/h4,6-7,10-11H,2-3,5,8-9,12-14H2,1H3. The predicted octanol–water partition coefficient (Wildman–Crippen LogP) is 4.91. The molecule has 0 bridgehead atoms. The zero-order valence-corrected chi connectivity index (χ0v) is 13.5. The third kappa shape index (κ3) is 3.46. The zero-order valence-electron chi connectivity index (χ0n) is 12.8. The van der Waals surface area contributed by atoms with Gasteiger partial charge in [0.15, 0.2) is 0 Å². The Morgan fingerprint density at radius 1 is 1.24 bits per heavy atom. The maximum atomic E-state index is 5.84. The molecule has 2 aromatic rings. The molecule has 4 heteroatoms. The molecule has 0 radical (unpaired) electrons. The molecule has 21 heavy (non-hydrogen) atoms. The van der Waals surface area contributed by atoms with E-state index in [4.69, 9.17) is 11.6 Å². The minimum atomic E-state index is -0.155. The Bertz CT molecular complexity index is 578. The van der Waals surface area contributed by atoms with Crippen LogP contribution in [0.3, 0.4) is 0 Å². The summed E-state index contributed by atoms with van der Waals surface area (Å²) in [5.74, 6) is 0.707. The maximum absolute atomic E-state index is 5.84. The summed E-state index contributed by atoms with van der Waals surface area (Å²) in [6.45, 7) is 6.32. The van der Waals surface area contributed by atoms with Crippen molar-refractivity contribution in [1.29, 1.82) is 0 Å². The molecular formula is C17H24ClN3. The van der Waals surface area contributed by atoms with Gasteiger partial charge in [0.05, 0.1) is 11.1 Å². The van der Waals surface area contributed by atoms with Gasteiger partial charge in [-0.1, -0.05) is 43.2 Å². The van der Waals surface area contributed by atoms with Crippen LogP contribution in [0.2, 0.25) is 0 Å². The second-order valence-electron chi connectivity index (χ2n) is 5.55. The Labute approximate surface area is 132 Å². The van der Waals surface area contributed by atoms with Crippen molar-refractivity contribution in [3.63, 3.8) is 0 Å². The van der Waals surface area contributed by atoms with E-state index in [0.29, 0.717) is 5.88 Å². The Hall–Kier alpha value is -1.35. The Morgan fingerprint density at radius 2 is 2.00 bits per heavy atom. The van der Waals surface area contributed by atoms with E-state index in [1.54, 1.807) is 0 Å². The van der Waals surface area contributed by atoms with E-state index >= 15 is 0 Å². The van der Waals surface area contributed by atoms with E-state index in [1.165, 1.54) is 0 Å². The topological polar surface area (TPSA) is 30.7 Å². The lowest BCUT2D eigenvalue weighted by atomic mass is 9.87. The number of benzene rings is 1. The second kappa shape index (κ2) is 7.60. The van der Waals surface area contributed by atoms with Crippen LogP contribution in [0.1, 0.15) is 45.4 Å². The van der Waals surface area contributed by atoms with Crippen molar-refractivity contribution >= 4 is 22.6 Å². The maximum Gasteiger partial charge on any atom is 0.113 e. The van der Waals surface area contributed by atoms with Gasteiger partial charge in [-0.3, -0.25) is 0 Å². The Balaban J connectivity index is 2.38. The van der Waals surface area contributed by atoms with Gasteiger partial charge >= 0.3 is 0 Å². The number of allylic oxidation sites excluding steroid dienone is 1. The molecule has 1 atom stereocenters. The molecule has 0 spiro atoms. The lowest BCUT2D eigenvalue weighted by Gasteiger charge is -2.31. The molecule has 1 aromatic carbocycles. The highest BCUT2D eigenvalue weighted by Crippen LogP contribution is 2.33. The van der Waals surface area contributed by atoms with E-state index in [2.05, 4.69) is 40.6 Å². The first-order valence-electron chi connectivity index (χ1n) is 7.78. The molecular weight excluding hydrogens is 282 g/mol. The van der Waals surface area contributed by atoms with Crippen LogP contribution in [0.25, 0.3) is 11.0 Å². The van der Waals surface area contributed by atoms with E-state index in [-0.39, 0.29) is 5.54 Å². The largest absolute Gasteiger partial charge is 0.235 e. The van der Waals surface area contributed by atoms with Gasteiger partial charge < -0.3 is 0 Å². The van der Waals surface area contributed by atoms with Crippen molar-refractivity contribution in [1.82, 2.24) is 15.0 Å². The van der Waals surface area contributed by atoms with Crippen LogP contribution < -0.4 is 0 Å². The summed E-state index contributed by atoms with van der Waals surface area (Å²) in [6.07, 6.45) is 8.53. The molecule has 0 fully saturated rings. The van der Waals surface area contributed by atoms with Crippen molar-refractivity contribution in [3.8, 4) is 0 Å². The van der Waals surface area contributed by atoms with E-state index in [1.807, 2.05) is 18.2 Å². The minimum absolute atomic E-state index is 0.155. The van der Waals surface area contributed by atoms with Gasteiger partial charge in [-0.25, -0.2) is 4.68 Å². The summed E-state index contributed by atoms with van der Waals surface area (Å²) in [5.41, 5.74) is 1.87. The lowest BCUT2D eigenvalue weighted by Crippen LogP contribution is -2.32.